The lowest BCUT2D eigenvalue weighted by Crippen LogP contribution is -2.26. The number of esters is 1. The van der Waals surface area contributed by atoms with Crippen LogP contribution in [0.2, 0.25) is 0 Å². The number of nitrogens with zero attached hydrogens (tertiary/aromatic N) is 1. The van der Waals surface area contributed by atoms with Crippen molar-refractivity contribution in [3.8, 4) is 0 Å². The minimum atomic E-state index is -0.521. The van der Waals surface area contributed by atoms with E-state index in [0.717, 1.165) is 0 Å². The number of aryl methyl sites for hydroxylation is 1. The van der Waals surface area contributed by atoms with Crippen molar-refractivity contribution in [1.82, 2.24) is 4.57 Å². The first-order valence-corrected chi connectivity index (χ1v) is 4.80. The van der Waals surface area contributed by atoms with Gasteiger partial charge in [-0.2, -0.15) is 0 Å². The Hall–Kier alpha value is -1.98. The van der Waals surface area contributed by atoms with Crippen molar-refractivity contribution in [2.75, 3.05) is 12.3 Å². The quantitative estimate of drug-likeness (QED) is 0.698. The zero-order chi connectivity index (χ0) is 12.3. The van der Waals surface area contributed by atoms with E-state index in [1.54, 1.807) is 24.7 Å². The number of ether oxygens (including phenoxy) is 1. The fourth-order valence-electron chi connectivity index (χ4n) is 1.15. The van der Waals surface area contributed by atoms with Crippen molar-refractivity contribution in [3.05, 3.63) is 18.0 Å². The van der Waals surface area contributed by atoms with Crippen LogP contribution in [0.15, 0.2) is 12.3 Å². The third-order valence-electron chi connectivity index (χ3n) is 2.19. The molecule has 4 N–H and O–H groups in total. The van der Waals surface area contributed by atoms with E-state index < -0.39 is 17.8 Å². The Balaban J connectivity index is 2.60. The molecule has 0 fully saturated rings. The maximum absolute atomic E-state index is 11.6. The molecule has 0 aromatic carbocycles. The molecule has 1 aromatic heterocycles. The summed E-state index contributed by atoms with van der Waals surface area (Å²) in [6.07, 6.45) is 1.61. The highest BCUT2D eigenvalue weighted by molar-refractivity contribution is 5.89. The summed E-state index contributed by atoms with van der Waals surface area (Å²) >= 11 is 0. The molecule has 1 atom stereocenters. The number of anilines is 1. The number of rotatable bonds is 4. The van der Waals surface area contributed by atoms with Crippen LogP contribution in [-0.2, 0) is 16.6 Å². The van der Waals surface area contributed by atoms with Gasteiger partial charge in [-0.1, -0.05) is 6.92 Å². The van der Waals surface area contributed by atoms with Crippen LogP contribution in [0.25, 0.3) is 0 Å². The molecule has 1 heterocycles. The fourth-order valence-corrected chi connectivity index (χ4v) is 1.15. The smallest absolute Gasteiger partial charge is 0.355 e. The number of carbonyl (C=O) groups excluding carboxylic acids is 2. The number of hydrogen-bond acceptors (Lipinski definition) is 4. The molecular weight excluding hydrogens is 210 g/mol. The fraction of sp³-hybridized carbons (Fsp3) is 0.400. The first-order chi connectivity index (χ1) is 7.41. The van der Waals surface area contributed by atoms with Gasteiger partial charge < -0.3 is 20.8 Å². The molecule has 0 spiro atoms. The van der Waals surface area contributed by atoms with Gasteiger partial charge in [0.15, 0.2) is 0 Å². The van der Waals surface area contributed by atoms with Crippen molar-refractivity contribution in [3.63, 3.8) is 0 Å². The lowest BCUT2D eigenvalue weighted by atomic mass is 10.2. The maximum Gasteiger partial charge on any atom is 0.355 e. The molecule has 0 radical (unpaired) electrons. The van der Waals surface area contributed by atoms with Gasteiger partial charge in [0.25, 0.3) is 0 Å². The van der Waals surface area contributed by atoms with Crippen LogP contribution in [0.4, 0.5) is 5.69 Å². The van der Waals surface area contributed by atoms with Crippen molar-refractivity contribution in [1.29, 1.82) is 0 Å². The van der Waals surface area contributed by atoms with Crippen LogP contribution >= 0.6 is 0 Å². The van der Waals surface area contributed by atoms with Gasteiger partial charge in [0, 0.05) is 13.2 Å². The highest BCUT2D eigenvalue weighted by atomic mass is 16.5. The minimum Gasteiger partial charge on any atom is -0.460 e. The molecule has 6 nitrogen and oxygen atoms in total. The van der Waals surface area contributed by atoms with Crippen LogP contribution in [0.3, 0.4) is 0 Å². The second-order valence-corrected chi connectivity index (χ2v) is 3.67. The standard InChI is InChI=1S/C10H15N3O3/c1-6(9(12)14)5-16-10(15)8-3-7(11)4-13(8)2/h3-4,6H,5,11H2,1-2H3,(H2,12,14). The van der Waals surface area contributed by atoms with Crippen molar-refractivity contribution in [2.24, 2.45) is 18.7 Å². The van der Waals surface area contributed by atoms with E-state index in [2.05, 4.69) is 0 Å². The Kier molecular flexibility index (Phi) is 3.55. The normalized spacial score (nSPS) is 12.1. The minimum absolute atomic E-state index is 0.0285. The first kappa shape index (κ1) is 12.1. The summed E-state index contributed by atoms with van der Waals surface area (Å²) in [5.41, 5.74) is 11.4. The number of primary amides is 1. The van der Waals surface area contributed by atoms with Gasteiger partial charge in [-0.05, 0) is 6.07 Å². The van der Waals surface area contributed by atoms with E-state index >= 15 is 0 Å². The molecular formula is C10H15N3O3. The molecule has 0 bridgehead atoms. The molecule has 0 saturated heterocycles. The van der Waals surface area contributed by atoms with Gasteiger partial charge in [-0.3, -0.25) is 4.79 Å². The van der Waals surface area contributed by atoms with Gasteiger partial charge in [-0.15, -0.1) is 0 Å². The number of carbonyl (C=O) groups is 2. The van der Waals surface area contributed by atoms with Crippen LogP contribution in [0.5, 0.6) is 0 Å². The number of nitrogens with two attached hydrogens (primary N) is 2. The van der Waals surface area contributed by atoms with Crippen molar-refractivity contribution >= 4 is 17.6 Å². The molecule has 0 aliphatic rings. The number of aromatic nitrogens is 1. The predicted octanol–water partition coefficient (Wildman–Crippen LogP) is -0.114. The van der Waals surface area contributed by atoms with Crippen molar-refractivity contribution < 1.29 is 14.3 Å². The van der Waals surface area contributed by atoms with Gasteiger partial charge in [0.1, 0.15) is 12.3 Å². The van der Waals surface area contributed by atoms with Crippen LogP contribution in [0.1, 0.15) is 17.4 Å². The monoisotopic (exact) mass is 225 g/mol. The summed E-state index contributed by atoms with van der Waals surface area (Å²) in [6.45, 7) is 1.56. The van der Waals surface area contributed by atoms with Crippen molar-refractivity contribution in [2.45, 2.75) is 6.92 Å². The number of hydrogen-bond donors (Lipinski definition) is 2. The maximum atomic E-state index is 11.6. The summed E-state index contributed by atoms with van der Waals surface area (Å²) < 4.78 is 6.49. The third-order valence-corrected chi connectivity index (χ3v) is 2.19. The van der Waals surface area contributed by atoms with Gasteiger partial charge in [0.05, 0.1) is 11.6 Å². The van der Waals surface area contributed by atoms with Crippen LogP contribution < -0.4 is 11.5 Å². The van der Waals surface area contributed by atoms with Crippen LogP contribution in [0, 0.1) is 5.92 Å². The van der Waals surface area contributed by atoms with Gasteiger partial charge in [0.2, 0.25) is 5.91 Å². The molecule has 1 amide bonds. The summed E-state index contributed by atoms with van der Waals surface area (Å²) in [5, 5.41) is 0. The number of amides is 1. The topological polar surface area (TPSA) is 100 Å². The molecule has 1 aromatic rings. The van der Waals surface area contributed by atoms with E-state index in [1.165, 1.54) is 6.07 Å². The van der Waals surface area contributed by atoms with E-state index in [0.29, 0.717) is 11.4 Å². The van der Waals surface area contributed by atoms with E-state index in [4.69, 9.17) is 16.2 Å². The second-order valence-electron chi connectivity index (χ2n) is 3.67. The molecule has 1 rings (SSSR count). The highest BCUT2D eigenvalue weighted by Gasteiger charge is 2.15. The summed E-state index contributed by atoms with van der Waals surface area (Å²) in [5.74, 6) is -1.52. The molecule has 16 heavy (non-hydrogen) atoms. The second kappa shape index (κ2) is 4.69. The van der Waals surface area contributed by atoms with Crippen LogP contribution in [-0.4, -0.2) is 23.1 Å². The van der Waals surface area contributed by atoms with Gasteiger partial charge >= 0.3 is 5.97 Å². The Bertz CT molecular complexity index is 411. The van der Waals surface area contributed by atoms with E-state index in [1.807, 2.05) is 0 Å². The average molecular weight is 225 g/mol. The summed E-state index contributed by atoms with van der Waals surface area (Å²) in [7, 11) is 1.68. The zero-order valence-corrected chi connectivity index (χ0v) is 9.27. The molecule has 6 heteroatoms. The Morgan fingerprint density at radius 2 is 2.19 bits per heavy atom. The molecule has 1 unspecified atom stereocenters. The third kappa shape index (κ3) is 2.75. The molecule has 0 aliphatic carbocycles. The molecule has 0 saturated carbocycles. The Morgan fingerprint density at radius 1 is 1.56 bits per heavy atom. The lowest BCUT2D eigenvalue weighted by molar-refractivity contribution is -0.122. The average Bonchev–Trinajstić information content (AvgIpc) is 2.53. The zero-order valence-electron chi connectivity index (χ0n) is 9.27. The molecule has 0 aliphatic heterocycles. The Labute approximate surface area is 93.2 Å². The summed E-state index contributed by atoms with van der Waals surface area (Å²) in [4.78, 5) is 22.3. The van der Waals surface area contributed by atoms with E-state index in [9.17, 15) is 9.59 Å². The summed E-state index contributed by atoms with van der Waals surface area (Å²) in [6, 6.07) is 1.51. The highest BCUT2D eigenvalue weighted by Crippen LogP contribution is 2.10. The first-order valence-electron chi connectivity index (χ1n) is 4.80. The number of nitrogen functional groups attached to an aromatic ring is 1. The predicted molar refractivity (Wildman–Crippen MR) is 58.5 cm³/mol. The van der Waals surface area contributed by atoms with E-state index in [-0.39, 0.29) is 6.61 Å². The SMILES string of the molecule is CC(COC(=O)c1cc(N)cn1C)C(N)=O. The van der Waals surface area contributed by atoms with Gasteiger partial charge in [-0.25, -0.2) is 4.79 Å². The largest absolute Gasteiger partial charge is 0.460 e. The lowest BCUT2D eigenvalue weighted by Gasteiger charge is -2.08. The Morgan fingerprint density at radius 3 is 2.62 bits per heavy atom. The molecule has 88 valence electrons.